The Balaban J connectivity index is 1.76. The summed E-state index contributed by atoms with van der Waals surface area (Å²) in [7, 11) is 3.17. The van der Waals surface area contributed by atoms with Gasteiger partial charge in [-0.25, -0.2) is 0 Å². The van der Waals surface area contributed by atoms with Crippen LogP contribution in [0.1, 0.15) is 38.5 Å². The maximum absolute atomic E-state index is 13.1. The van der Waals surface area contributed by atoms with Crippen molar-refractivity contribution >= 4 is 11.9 Å². The summed E-state index contributed by atoms with van der Waals surface area (Å²) in [4.78, 5) is 13.1. The predicted octanol–water partition coefficient (Wildman–Crippen LogP) is 6.49. The van der Waals surface area contributed by atoms with Crippen LogP contribution < -0.4 is 9.47 Å². The molecule has 0 heterocycles. The van der Waals surface area contributed by atoms with Gasteiger partial charge in [0.25, 0.3) is 0 Å². The van der Waals surface area contributed by atoms with Gasteiger partial charge in [-0.05, 0) is 41.0 Å². The van der Waals surface area contributed by atoms with Crippen molar-refractivity contribution in [3.63, 3.8) is 0 Å². The van der Waals surface area contributed by atoms with Gasteiger partial charge in [0.05, 0.1) is 19.8 Å². The highest BCUT2D eigenvalue weighted by molar-refractivity contribution is 6.09. The fourth-order valence-corrected chi connectivity index (χ4v) is 4.00. The molecule has 4 rings (SSSR count). The van der Waals surface area contributed by atoms with Crippen molar-refractivity contribution in [2.45, 2.75) is 5.92 Å². The zero-order chi connectivity index (χ0) is 23.9. The number of ether oxygens (including phenoxy) is 2. The topological polar surface area (TPSA) is 55.8 Å². The molecular weight excluding hydrogens is 424 g/mol. The Kier molecular flexibility index (Phi) is 7.09. The summed E-state index contributed by atoms with van der Waals surface area (Å²) >= 11 is 0. The largest absolute Gasteiger partial charge is 0.507 e. The van der Waals surface area contributed by atoms with Gasteiger partial charge in [-0.3, -0.25) is 4.79 Å². The summed E-state index contributed by atoms with van der Waals surface area (Å²) in [5.74, 6) is 0.677. The van der Waals surface area contributed by atoms with Crippen LogP contribution in [0.15, 0.2) is 103 Å². The highest BCUT2D eigenvalue weighted by Gasteiger charge is 2.23. The van der Waals surface area contributed by atoms with Crippen LogP contribution in [-0.4, -0.2) is 25.1 Å². The Morgan fingerprint density at radius 3 is 1.91 bits per heavy atom. The van der Waals surface area contributed by atoms with Crippen LogP contribution in [0.25, 0.3) is 6.08 Å². The SMILES string of the molecule is COc1ccc(/C=C/C(=O)c2cc(C(c3ccccc3)c3ccccc3)c(OC)cc2O)cc1. The molecule has 1 N–H and O–H groups in total. The maximum Gasteiger partial charge on any atom is 0.189 e. The summed E-state index contributed by atoms with van der Waals surface area (Å²) in [6.45, 7) is 0. The van der Waals surface area contributed by atoms with Crippen molar-refractivity contribution in [1.29, 1.82) is 0 Å². The lowest BCUT2D eigenvalue weighted by Gasteiger charge is -2.22. The van der Waals surface area contributed by atoms with E-state index in [-0.39, 0.29) is 23.0 Å². The first-order valence-corrected chi connectivity index (χ1v) is 11.0. The number of carbonyl (C=O) groups excluding carboxylic acids is 1. The Bertz CT molecular complexity index is 1240. The number of ketones is 1. The fraction of sp³-hybridized carbons (Fsp3) is 0.100. The molecule has 0 bridgehead atoms. The highest BCUT2D eigenvalue weighted by atomic mass is 16.5. The molecule has 4 heteroatoms. The van der Waals surface area contributed by atoms with Crippen molar-refractivity contribution in [1.82, 2.24) is 0 Å². The van der Waals surface area contributed by atoms with Crippen LogP contribution in [0.4, 0.5) is 0 Å². The van der Waals surface area contributed by atoms with Gasteiger partial charge in [-0.2, -0.15) is 0 Å². The molecule has 0 amide bonds. The van der Waals surface area contributed by atoms with Gasteiger partial charge in [-0.15, -0.1) is 0 Å². The molecule has 0 aliphatic rings. The monoisotopic (exact) mass is 450 g/mol. The van der Waals surface area contributed by atoms with Crippen molar-refractivity contribution in [3.8, 4) is 17.2 Å². The van der Waals surface area contributed by atoms with E-state index in [4.69, 9.17) is 9.47 Å². The average Bonchev–Trinajstić information content (AvgIpc) is 2.89. The first kappa shape index (κ1) is 22.9. The standard InChI is InChI=1S/C30H26O4/c1-33-24-16-13-21(14-17-24)15-18-27(31)25-19-26(29(34-2)20-28(25)32)30(22-9-5-3-6-10-22)23-11-7-4-8-12-23/h3-20,30,32H,1-2H3/b18-15+. The zero-order valence-corrected chi connectivity index (χ0v) is 19.1. The number of methoxy groups -OCH3 is 2. The van der Waals surface area contributed by atoms with Gasteiger partial charge in [0.2, 0.25) is 0 Å². The first-order valence-electron chi connectivity index (χ1n) is 11.0. The van der Waals surface area contributed by atoms with Crippen molar-refractivity contribution < 1.29 is 19.4 Å². The molecule has 0 aliphatic heterocycles. The number of aromatic hydroxyl groups is 1. The van der Waals surface area contributed by atoms with Crippen molar-refractivity contribution in [2.24, 2.45) is 0 Å². The Morgan fingerprint density at radius 2 is 1.38 bits per heavy atom. The number of allylic oxidation sites excluding steroid dienone is 1. The van der Waals surface area contributed by atoms with Crippen LogP contribution in [0, 0.1) is 0 Å². The number of phenolic OH excluding ortho intramolecular Hbond substituents is 1. The average molecular weight is 451 g/mol. The minimum Gasteiger partial charge on any atom is -0.507 e. The molecule has 170 valence electrons. The van der Waals surface area contributed by atoms with Crippen LogP contribution in [0.3, 0.4) is 0 Å². The third kappa shape index (κ3) is 5.02. The fourth-order valence-electron chi connectivity index (χ4n) is 4.00. The molecule has 0 spiro atoms. The Hall–Kier alpha value is -4.31. The third-order valence-electron chi connectivity index (χ3n) is 5.73. The normalized spacial score (nSPS) is 11.0. The summed E-state index contributed by atoms with van der Waals surface area (Å²) in [6.07, 6.45) is 3.18. The lowest BCUT2D eigenvalue weighted by atomic mass is 9.83. The summed E-state index contributed by atoms with van der Waals surface area (Å²) in [6, 6.07) is 30.7. The van der Waals surface area contributed by atoms with Crippen molar-refractivity contribution in [2.75, 3.05) is 14.2 Å². The Labute approximate surface area is 199 Å². The van der Waals surface area contributed by atoms with Gasteiger partial charge >= 0.3 is 0 Å². The summed E-state index contributed by atoms with van der Waals surface area (Å²) in [5.41, 5.74) is 4.00. The molecule has 0 atom stereocenters. The van der Waals surface area contributed by atoms with E-state index in [1.807, 2.05) is 60.7 Å². The second-order valence-corrected chi connectivity index (χ2v) is 7.84. The molecular formula is C30H26O4. The molecule has 0 saturated heterocycles. The van der Waals surface area contributed by atoms with E-state index >= 15 is 0 Å². The van der Waals surface area contributed by atoms with Crippen LogP contribution >= 0.6 is 0 Å². The number of hydrogen-bond donors (Lipinski definition) is 1. The summed E-state index contributed by atoms with van der Waals surface area (Å²) in [5, 5.41) is 10.7. The zero-order valence-electron chi connectivity index (χ0n) is 19.1. The van der Waals surface area contributed by atoms with E-state index in [1.54, 1.807) is 26.4 Å². The lowest BCUT2D eigenvalue weighted by molar-refractivity contribution is 0.104. The minimum atomic E-state index is -0.294. The molecule has 0 unspecified atom stereocenters. The maximum atomic E-state index is 13.1. The van der Waals surface area contributed by atoms with E-state index < -0.39 is 0 Å². The number of hydrogen-bond acceptors (Lipinski definition) is 4. The quantitative estimate of drug-likeness (QED) is 0.189. The van der Waals surface area contributed by atoms with Crippen LogP contribution in [0.2, 0.25) is 0 Å². The van der Waals surface area contributed by atoms with Gasteiger partial charge in [0.1, 0.15) is 17.2 Å². The molecule has 4 aromatic carbocycles. The van der Waals surface area contributed by atoms with E-state index in [0.717, 1.165) is 28.0 Å². The lowest BCUT2D eigenvalue weighted by Crippen LogP contribution is -2.08. The molecule has 34 heavy (non-hydrogen) atoms. The number of rotatable bonds is 8. The number of benzene rings is 4. The predicted molar refractivity (Wildman–Crippen MR) is 135 cm³/mol. The highest BCUT2D eigenvalue weighted by Crippen LogP contribution is 2.40. The van der Waals surface area contributed by atoms with Crippen LogP contribution in [-0.2, 0) is 0 Å². The second kappa shape index (κ2) is 10.5. The smallest absolute Gasteiger partial charge is 0.189 e. The third-order valence-corrected chi connectivity index (χ3v) is 5.73. The van der Waals surface area contributed by atoms with E-state index in [1.165, 1.54) is 12.1 Å². The second-order valence-electron chi connectivity index (χ2n) is 7.84. The molecule has 0 radical (unpaired) electrons. The molecule has 4 aromatic rings. The van der Waals surface area contributed by atoms with Gasteiger partial charge in [0.15, 0.2) is 5.78 Å². The van der Waals surface area contributed by atoms with E-state index in [0.29, 0.717) is 5.75 Å². The first-order chi connectivity index (χ1) is 16.6. The minimum absolute atomic E-state index is 0.121. The van der Waals surface area contributed by atoms with Gasteiger partial charge < -0.3 is 14.6 Å². The van der Waals surface area contributed by atoms with E-state index in [9.17, 15) is 9.90 Å². The summed E-state index contributed by atoms with van der Waals surface area (Å²) < 4.78 is 10.8. The van der Waals surface area contributed by atoms with Gasteiger partial charge in [-0.1, -0.05) is 78.9 Å². The Morgan fingerprint density at radius 1 is 0.794 bits per heavy atom. The molecule has 0 fully saturated rings. The number of carbonyl (C=O) groups is 1. The van der Waals surface area contributed by atoms with E-state index in [2.05, 4.69) is 24.3 Å². The number of phenols is 1. The van der Waals surface area contributed by atoms with Crippen LogP contribution in [0.5, 0.6) is 17.2 Å². The van der Waals surface area contributed by atoms with Gasteiger partial charge in [0, 0.05) is 17.5 Å². The molecule has 4 nitrogen and oxygen atoms in total. The molecule has 0 aliphatic carbocycles. The molecule has 0 saturated carbocycles. The van der Waals surface area contributed by atoms with Crippen molar-refractivity contribution in [3.05, 3.63) is 131 Å². The molecule has 0 aromatic heterocycles.